The van der Waals surface area contributed by atoms with Crippen molar-refractivity contribution in [3.8, 4) is 0 Å². The van der Waals surface area contributed by atoms with E-state index in [0.29, 0.717) is 19.5 Å². The Morgan fingerprint density at radius 2 is 2.31 bits per heavy atom. The topological polar surface area (TPSA) is 75.4 Å². The van der Waals surface area contributed by atoms with Crippen LogP contribution in [0.15, 0.2) is 0 Å². The molecule has 0 bridgehead atoms. The van der Waals surface area contributed by atoms with Crippen molar-refractivity contribution in [3.05, 3.63) is 0 Å². The molecule has 1 aliphatic rings. The molecule has 1 saturated carbocycles. The average Bonchev–Trinajstić information content (AvgIpc) is 2.69. The summed E-state index contributed by atoms with van der Waals surface area (Å²) in [7, 11) is 0. The van der Waals surface area contributed by atoms with E-state index in [9.17, 15) is 9.90 Å². The minimum atomic E-state index is -0.225. The molecule has 1 rings (SSSR count). The third-order valence-electron chi connectivity index (χ3n) is 3.57. The van der Waals surface area contributed by atoms with E-state index in [1.807, 2.05) is 6.92 Å². The van der Waals surface area contributed by atoms with Crippen molar-refractivity contribution < 1.29 is 9.90 Å². The average molecular weight is 228 g/mol. The van der Waals surface area contributed by atoms with Crippen molar-refractivity contribution in [2.75, 3.05) is 13.1 Å². The molecule has 4 N–H and O–H groups in total. The normalized spacial score (nSPS) is 26.7. The van der Waals surface area contributed by atoms with Crippen LogP contribution in [0.3, 0.4) is 0 Å². The molecular weight excluding hydrogens is 204 g/mol. The summed E-state index contributed by atoms with van der Waals surface area (Å²) < 4.78 is 0. The summed E-state index contributed by atoms with van der Waals surface area (Å²) in [5.41, 5.74) is 5.55. The summed E-state index contributed by atoms with van der Waals surface area (Å²) in [6.07, 6.45) is 4.20. The third kappa shape index (κ3) is 4.10. The molecule has 0 aromatic rings. The Kier molecular flexibility index (Phi) is 5.77. The fourth-order valence-corrected chi connectivity index (χ4v) is 2.23. The summed E-state index contributed by atoms with van der Waals surface area (Å²) in [5.74, 6) is 0.604. The van der Waals surface area contributed by atoms with Crippen molar-refractivity contribution in [1.29, 1.82) is 0 Å². The molecular formula is C12H24N2O2. The maximum Gasteiger partial charge on any atom is 0.220 e. The van der Waals surface area contributed by atoms with E-state index < -0.39 is 0 Å². The van der Waals surface area contributed by atoms with Gasteiger partial charge in [-0.05, 0) is 25.3 Å². The lowest BCUT2D eigenvalue weighted by Crippen LogP contribution is -2.34. The van der Waals surface area contributed by atoms with Gasteiger partial charge in [0, 0.05) is 18.9 Å². The number of nitrogens with one attached hydrogen (secondary N) is 1. The Morgan fingerprint density at radius 1 is 1.56 bits per heavy atom. The van der Waals surface area contributed by atoms with Crippen molar-refractivity contribution in [1.82, 2.24) is 5.32 Å². The van der Waals surface area contributed by atoms with Gasteiger partial charge in [-0.3, -0.25) is 4.79 Å². The molecule has 3 atom stereocenters. The van der Waals surface area contributed by atoms with Crippen LogP contribution in [0.4, 0.5) is 0 Å². The molecule has 94 valence electrons. The van der Waals surface area contributed by atoms with Crippen molar-refractivity contribution >= 4 is 5.91 Å². The highest BCUT2D eigenvalue weighted by Gasteiger charge is 2.25. The van der Waals surface area contributed by atoms with Gasteiger partial charge in [-0.25, -0.2) is 0 Å². The summed E-state index contributed by atoms with van der Waals surface area (Å²) in [6.45, 7) is 3.22. The second kappa shape index (κ2) is 6.86. The van der Waals surface area contributed by atoms with Crippen LogP contribution in [-0.2, 0) is 4.79 Å². The summed E-state index contributed by atoms with van der Waals surface area (Å²) in [6, 6.07) is 0. The minimum Gasteiger partial charge on any atom is -0.393 e. The lowest BCUT2D eigenvalue weighted by Gasteiger charge is -2.16. The van der Waals surface area contributed by atoms with Crippen LogP contribution in [0, 0.1) is 11.8 Å². The first-order valence-corrected chi connectivity index (χ1v) is 6.32. The highest BCUT2D eigenvalue weighted by molar-refractivity contribution is 5.76. The predicted molar refractivity (Wildman–Crippen MR) is 63.8 cm³/mol. The highest BCUT2D eigenvalue weighted by Crippen LogP contribution is 2.24. The Labute approximate surface area is 97.6 Å². The van der Waals surface area contributed by atoms with E-state index in [1.54, 1.807) is 0 Å². The molecule has 4 heteroatoms. The second-order valence-corrected chi connectivity index (χ2v) is 4.78. The van der Waals surface area contributed by atoms with Crippen molar-refractivity contribution in [2.45, 2.75) is 45.1 Å². The fraction of sp³-hybridized carbons (Fsp3) is 0.917. The van der Waals surface area contributed by atoms with E-state index >= 15 is 0 Å². The second-order valence-electron chi connectivity index (χ2n) is 4.78. The van der Waals surface area contributed by atoms with Crippen molar-refractivity contribution in [2.24, 2.45) is 17.6 Å². The summed E-state index contributed by atoms with van der Waals surface area (Å²) >= 11 is 0. The zero-order valence-corrected chi connectivity index (χ0v) is 10.1. The number of rotatable bonds is 6. The Morgan fingerprint density at radius 3 is 2.81 bits per heavy atom. The van der Waals surface area contributed by atoms with Crippen LogP contribution in [0.1, 0.15) is 39.0 Å². The number of carbonyl (C=O) groups excluding carboxylic acids is 1. The van der Waals surface area contributed by atoms with E-state index in [0.717, 1.165) is 25.7 Å². The molecule has 0 heterocycles. The first-order valence-electron chi connectivity index (χ1n) is 6.32. The van der Waals surface area contributed by atoms with E-state index in [1.165, 1.54) is 0 Å². The Balaban J connectivity index is 2.19. The molecule has 0 aliphatic heterocycles. The zero-order chi connectivity index (χ0) is 12.0. The Bertz CT molecular complexity index is 217. The molecule has 0 aromatic carbocycles. The smallest absolute Gasteiger partial charge is 0.220 e. The first-order chi connectivity index (χ1) is 7.67. The predicted octanol–water partition coefficient (Wildman–Crippen LogP) is 0.639. The highest BCUT2D eigenvalue weighted by atomic mass is 16.3. The van der Waals surface area contributed by atoms with Gasteiger partial charge in [-0.2, -0.15) is 0 Å². The number of aliphatic hydroxyl groups is 1. The quantitative estimate of drug-likeness (QED) is 0.624. The standard InChI is InChI=1S/C12H24N2O2/c1-2-9(7-13)6-12(16)14-8-10-4-3-5-11(10)15/h9-11,15H,2-8,13H2,1H3,(H,14,16). The third-order valence-corrected chi connectivity index (χ3v) is 3.57. The molecule has 16 heavy (non-hydrogen) atoms. The van der Waals surface area contributed by atoms with Crippen LogP contribution in [0.2, 0.25) is 0 Å². The molecule has 4 nitrogen and oxygen atoms in total. The van der Waals surface area contributed by atoms with E-state index in [-0.39, 0.29) is 23.8 Å². The Hall–Kier alpha value is -0.610. The summed E-state index contributed by atoms with van der Waals surface area (Å²) in [4.78, 5) is 11.6. The van der Waals surface area contributed by atoms with Gasteiger partial charge < -0.3 is 16.2 Å². The van der Waals surface area contributed by atoms with Gasteiger partial charge in [-0.15, -0.1) is 0 Å². The van der Waals surface area contributed by atoms with Gasteiger partial charge in [-0.1, -0.05) is 19.8 Å². The number of aliphatic hydroxyl groups excluding tert-OH is 1. The minimum absolute atomic E-state index is 0.0661. The molecule has 0 radical (unpaired) electrons. The molecule has 1 aliphatic carbocycles. The van der Waals surface area contributed by atoms with Gasteiger partial charge in [0.15, 0.2) is 0 Å². The van der Waals surface area contributed by atoms with E-state index in [2.05, 4.69) is 5.32 Å². The number of carbonyl (C=O) groups is 1. The van der Waals surface area contributed by atoms with Crippen molar-refractivity contribution in [3.63, 3.8) is 0 Å². The van der Waals surface area contributed by atoms with Gasteiger partial charge in [0.05, 0.1) is 6.10 Å². The number of nitrogens with two attached hydrogens (primary N) is 1. The lowest BCUT2D eigenvalue weighted by molar-refractivity contribution is -0.122. The number of amides is 1. The van der Waals surface area contributed by atoms with E-state index in [4.69, 9.17) is 5.73 Å². The molecule has 1 amide bonds. The summed E-state index contributed by atoms with van der Waals surface area (Å²) in [5, 5.41) is 12.5. The van der Waals surface area contributed by atoms with Gasteiger partial charge in [0.2, 0.25) is 5.91 Å². The van der Waals surface area contributed by atoms with Gasteiger partial charge in [0.25, 0.3) is 0 Å². The fourth-order valence-electron chi connectivity index (χ4n) is 2.23. The monoisotopic (exact) mass is 228 g/mol. The first kappa shape index (κ1) is 13.5. The SMILES string of the molecule is CCC(CN)CC(=O)NCC1CCCC1O. The van der Waals surface area contributed by atoms with Crippen LogP contribution < -0.4 is 11.1 Å². The van der Waals surface area contributed by atoms with Gasteiger partial charge in [0.1, 0.15) is 0 Å². The molecule has 0 spiro atoms. The number of hydrogen-bond acceptors (Lipinski definition) is 3. The lowest BCUT2D eigenvalue weighted by atomic mass is 10.0. The molecule has 0 saturated heterocycles. The van der Waals surface area contributed by atoms with Gasteiger partial charge >= 0.3 is 0 Å². The zero-order valence-electron chi connectivity index (χ0n) is 10.1. The van der Waals surface area contributed by atoms with Crippen LogP contribution in [0.25, 0.3) is 0 Å². The van der Waals surface area contributed by atoms with Crippen LogP contribution >= 0.6 is 0 Å². The molecule has 1 fully saturated rings. The maximum absolute atomic E-state index is 11.6. The van der Waals surface area contributed by atoms with Crippen LogP contribution in [-0.4, -0.2) is 30.2 Å². The molecule has 0 aromatic heterocycles. The maximum atomic E-state index is 11.6. The largest absolute Gasteiger partial charge is 0.393 e. The number of hydrogen-bond donors (Lipinski definition) is 3. The van der Waals surface area contributed by atoms with Crippen LogP contribution in [0.5, 0.6) is 0 Å². The molecule has 3 unspecified atom stereocenters.